The summed E-state index contributed by atoms with van der Waals surface area (Å²) in [5.41, 5.74) is 7.02. The third kappa shape index (κ3) is 4.45. The molecule has 10 nitrogen and oxygen atoms in total. The second-order valence-corrected chi connectivity index (χ2v) is 6.80. The molecule has 6 N–H and O–H groups in total. The number of aliphatic hydroxyl groups is 4. The number of aromatic nitrogens is 3. The minimum atomic E-state index is -1.56. The molecule has 1 fully saturated rings. The highest BCUT2D eigenvalue weighted by Crippen LogP contribution is 2.28. The number of methoxy groups -OCH3 is 1. The van der Waals surface area contributed by atoms with Crippen molar-refractivity contribution in [2.45, 2.75) is 30.6 Å². The van der Waals surface area contributed by atoms with Gasteiger partial charge in [-0.1, -0.05) is 18.2 Å². The van der Waals surface area contributed by atoms with E-state index in [1.54, 1.807) is 31.4 Å². The molecule has 0 radical (unpaired) electrons. The van der Waals surface area contributed by atoms with Gasteiger partial charge in [0, 0.05) is 0 Å². The molecule has 2 heterocycles. The van der Waals surface area contributed by atoms with Crippen molar-refractivity contribution in [3.05, 3.63) is 40.3 Å². The molecule has 0 bridgehead atoms. The summed E-state index contributed by atoms with van der Waals surface area (Å²) in [6.07, 6.45) is -3.60. The lowest BCUT2D eigenvalue weighted by molar-refractivity contribution is -0.254. The second-order valence-electron chi connectivity index (χ2n) is 6.44. The lowest BCUT2D eigenvalue weighted by Crippen LogP contribution is -2.56. The molecular weight excluding hydrogens is 400 g/mol. The minimum Gasteiger partial charge on any atom is -0.497 e. The van der Waals surface area contributed by atoms with Crippen molar-refractivity contribution in [1.29, 1.82) is 0 Å². The molecule has 5 atom stereocenters. The average molecular weight is 422 g/mol. The molecule has 0 unspecified atom stereocenters. The number of anilines is 1. The maximum Gasteiger partial charge on any atom is 0.220 e. The Hall–Kier alpha value is -2.41. The highest BCUT2D eigenvalue weighted by Gasteiger charge is 2.44. The summed E-state index contributed by atoms with van der Waals surface area (Å²) >= 11 is 5.15. The summed E-state index contributed by atoms with van der Waals surface area (Å²) in [6.45, 7) is -0.568. The zero-order valence-corrected chi connectivity index (χ0v) is 16.3. The van der Waals surface area contributed by atoms with Gasteiger partial charge in [0.15, 0.2) is 12.0 Å². The van der Waals surface area contributed by atoms with Crippen LogP contribution in [-0.4, -0.2) is 73.3 Å². The Labute approximate surface area is 171 Å². The highest BCUT2D eigenvalue weighted by molar-refractivity contribution is 7.71. The molecular formula is C18H22N4O6S. The number of hydrogen-bond donors (Lipinski definition) is 5. The zero-order valence-electron chi connectivity index (χ0n) is 15.5. The standard InChI is InChI=1S/C18H22N4O6S/c1-27-10-5-2-9(3-6-10)4-7-11-16(19)20-18(29)22(21-11)17-15(26)14(25)13(24)12(8-23)28-17/h2-7,12-15,17,23-26H,8H2,1H3,(H2,19,20,29)/b7-4+/t12-,13-,14+,15-,17-/m1/s1. The Kier molecular flexibility index (Phi) is 6.57. The Bertz CT molecular complexity index is 933. The molecule has 2 aromatic rings. The Morgan fingerprint density at radius 3 is 2.48 bits per heavy atom. The van der Waals surface area contributed by atoms with E-state index < -0.39 is 37.3 Å². The molecule has 1 saturated heterocycles. The van der Waals surface area contributed by atoms with Crippen molar-refractivity contribution >= 4 is 30.2 Å². The largest absolute Gasteiger partial charge is 0.497 e. The molecule has 1 aliphatic rings. The molecule has 156 valence electrons. The van der Waals surface area contributed by atoms with E-state index in [4.69, 9.17) is 27.4 Å². The third-order valence-corrected chi connectivity index (χ3v) is 4.83. The number of aliphatic hydroxyl groups excluding tert-OH is 4. The van der Waals surface area contributed by atoms with Crippen LogP contribution in [0, 0.1) is 4.77 Å². The molecule has 1 aromatic heterocycles. The SMILES string of the molecule is COc1ccc(/C=C/c2nn([C@@H]3O[C@H](CO)[C@@H](O)[C@H](O)[C@H]3O)c(=S)nc2N)cc1. The molecule has 29 heavy (non-hydrogen) atoms. The van der Waals surface area contributed by atoms with Crippen molar-refractivity contribution in [1.82, 2.24) is 14.8 Å². The van der Waals surface area contributed by atoms with Gasteiger partial charge in [0.25, 0.3) is 0 Å². The molecule has 0 saturated carbocycles. The van der Waals surface area contributed by atoms with E-state index in [0.29, 0.717) is 0 Å². The van der Waals surface area contributed by atoms with E-state index in [-0.39, 0.29) is 16.3 Å². The highest BCUT2D eigenvalue weighted by atomic mass is 32.1. The van der Waals surface area contributed by atoms with Gasteiger partial charge >= 0.3 is 0 Å². The molecule has 1 aromatic carbocycles. The summed E-state index contributed by atoms with van der Waals surface area (Å²) < 4.78 is 11.6. The first kappa shape index (κ1) is 21.3. The normalized spacial score (nSPS) is 27.3. The van der Waals surface area contributed by atoms with Gasteiger partial charge in [-0.05, 0) is 36.0 Å². The number of nitrogens with zero attached hydrogens (tertiary/aromatic N) is 3. The summed E-state index contributed by atoms with van der Waals surface area (Å²) in [4.78, 5) is 4.04. The Morgan fingerprint density at radius 1 is 1.17 bits per heavy atom. The van der Waals surface area contributed by atoms with E-state index in [1.165, 1.54) is 0 Å². The van der Waals surface area contributed by atoms with Gasteiger partial charge in [-0.15, -0.1) is 0 Å². The quantitative estimate of drug-likeness (QED) is 0.407. The fourth-order valence-corrected chi connectivity index (χ4v) is 3.12. The van der Waals surface area contributed by atoms with Crippen molar-refractivity contribution < 1.29 is 29.9 Å². The average Bonchev–Trinajstić information content (AvgIpc) is 2.72. The number of ether oxygens (including phenoxy) is 2. The lowest BCUT2D eigenvalue weighted by atomic mass is 9.98. The van der Waals surface area contributed by atoms with E-state index >= 15 is 0 Å². The van der Waals surface area contributed by atoms with Gasteiger partial charge in [0.2, 0.25) is 4.77 Å². The predicted molar refractivity (Wildman–Crippen MR) is 106 cm³/mol. The van der Waals surface area contributed by atoms with Gasteiger partial charge < -0.3 is 35.6 Å². The van der Waals surface area contributed by atoms with Crippen molar-refractivity contribution in [3.63, 3.8) is 0 Å². The van der Waals surface area contributed by atoms with Gasteiger partial charge in [-0.2, -0.15) is 10.1 Å². The predicted octanol–water partition coefficient (Wildman–Crippen LogP) is -0.259. The second kappa shape index (κ2) is 8.95. The van der Waals surface area contributed by atoms with Crippen LogP contribution in [0.15, 0.2) is 24.3 Å². The third-order valence-electron chi connectivity index (χ3n) is 4.55. The van der Waals surface area contributed by atoms with Gasteiger partial charge in [-0.25, -0.2) is 4.68 Å². The molecule has 1 aliphatic heterocycles. The van der Waals surface area contributed by atoms with Crippen LogP contribution in [0.2, 0.25) is 0 Å². The number of rotatable bonds is 5. The van der Waals surface area contributed by atoms with Crippen LogP contribution >= 0.6 is 12.2 Å². The summed E-state index contributed by atoms with van der Waals surface area (Å²) in [5, 5.41) is 43.9. The van der Waals surface area contributed by atoms with Crippen LogP contribution in [0.4, 0.5) is 5.82 Å². The smallest absolute Gasteiger partial charge is 0.220 e. The zero-order chi connectivity index (χ0) is 21.1. The first-order valence-corrected chi connectivity index (χ1v) is 9.15. The van der Waals surface area contributed by atoms with E-state index in [9.17, 15) is 20.4 Å². The topological polar surface area (TPSA) is 156 Å². The van der Waals surface area contributed by atoms with Crippen LogP contribution in [0.1, 0.15) is 17.5 Å². The number of nitrogen functional groups attached to an aromatic ring is 1. The first-order chi connectivity index (χ1) is 13.8. The van der Waals surface area contributed by atoms with Crippen LogP contribution in [-0.2, 0) is 4.74 Å². The maximum atomic E-state index is 10.3. The molecule has 0 amide bonds. The van der Waals surface area contributed by atoms with Crippen LogP contribution < -0.4 is 10.5 Å². The number of nitrogens with two attached hydrogens (primary N) is 1. The van der Waals surface area contributed by atoms with E-state index in [0.717, 1.165) is 16.0 Å². The first-order valence-electron chi connectivity index (χ1n) is 8.74. The van der Waals surface area contributed by atoms with Crippen LogP contribution in [0.3, 0.4) is 0 Å². The maximum absolute atomic E-state index is 10.3. The molecule has 0 aliphatic carbocycles. The molecule has 3 rings (SSSR count). The van der Waals surface area contributed by atoms with E-state index in [2.05, 4.69) is 10.1 Å². The minimum absolute atomic E-state index is 0.0700. The van der Waals surface area contributed by atoms with Gasteiger partial charge in [0.1, 0.15) is 35.9 Å². The number of benzene rings is 1. The van der Waals surface area contributed by atoms with Gasteiger partial charge in [-0.3, -0.25) is 0 Å². The number of hydrogen-bond acceptors (Lipinski definition) is 10. The Morgan fingerprint density at radius 2 is 1.86 bits per heavy atom. The van der Waals surface area contributed by atoms with E-state index in [1.807, 2.05) is 12.1 Å². The van der Waals surface area contributed by atoms with Crippen molar-refractivity contribution in [2.24, 2.45) is 0 Å². The summed E-state index contributed by atoms with van der Waals surface area (Å²) in [6, 6.07) is 7.28. The Balaban J connectivity index is 1.92. The van der Waals surface area contributed by atoms with Crippen molar-refractivity contribution in [3.8, 4) is 5.75 Å². The fraction of sp³-hybridized carbons (Fsp3) is 0.389. The summed E-state index contributed by atoms with van der Waals surface area (Å²) in [5.74, 6) is 0.790. The van der Waals surface area contributed by atoms with Gasteiger partial charge in [0.05, 0.1) is 13.7 Å². The van der Waals surface area contributed by atoms with Crippen LogP contribution in [0.5, 0.6) is 5.75 Å². The lowest BCUT2D eigenvalue weighted by Gasteiger charge is -2.40. The van der Waals surface area contributed by atoms with Crippen LogP contribution in [0.25, 0.3) is 12.2 Å². The molecule has 11 heteroatoms. The monoisotopic (exact) mass is 422 g/mol. The van der Waals surface area contributed by atoms with Crippen molar-refractivity contribution in [2.75, 3.05) is 19.5 Å². The fourth-order valence-electron chi connectivity index (χ4n) is 2.88. The molecule has 0 spiro atoms. The summed E-state index contributed by atoms with van der Waals surface area (Å²) in [7, 11) is 1.58.